The van der Waals surface area contributed by atoms with Gasteiger partial charge in [-0.05, 0) is 32.0 Å². The van der Waals surface area contributed by atoms with Gasteiger partial charge in [0.25, 0.3) is 0 Å². The highest BCUT2D eigenvalue weighted by molar-refractivity contribution is 7.89. The Kier molecular flexibility index (Phi) is 4.67. The van der Waals surface area contributed by atoms with Gasteiger partial charge in [0, 0.05) is 12.1 Å². The molecule has 0 heterocycles. The first kappa shape index (κ1) is 17.4. The second-order valence-electron chi connectivity index (χ2n) is 5.01. The molecule has 0 saturated heterocycles. The fourth-order valence-electron chi connectivity index (χ4n) is 1.49. The number of benzene rings is 1. The van der Waals surface area contributed by atoms with Gasteiger partial charge in [-0.1, -0.05) is 0 Å². The van der Waals surface area contributed by atoms with E-state index in [1.54, 1.807) is 0 Å². The van der Waals surface area contributed by atoms with Gasteiger partial charge in [-0.25, -0.2) is 13.1 Å². The van der Waals surface area contributed by atoms with E-state index in [9.17, 15) is 21.6 Å². The highest BCUT2D eigenvalue weighted by Crippen LogP contribution is 2.32. The maximum Gasteiger partial charge on any atom is 0.417 e. The smallest absolute Gasteiger partial charge is 0.329 e. The van der Waals surface area contributed by atoms with Gasteiger partial charge >= 0.3 is 6.18 Å². The lowest BCUT2D eigenvalue weighted by molar-refractivity contribution is -0.137. The van der Waals surface area contributed by atoms with Crippen molar-refractivity contribution in [2.24, 2.45) is 5.73 Å². The molecule has 3 N–H and O–H groups in total. The Hall–Kier alpha value is -1.63. The Labute approximate surface area is 120 Å². The van der Waals surface area contributed by atoms with Crippen LogP contribution in [0.15, 0.2) is 23.1 Å². The van der Waals surface area contributed by atoms with E-state index >= 15 is 0 Å². The van der Waals surface area contributed by atoms with E-state index in [0.717, 1.165) is 6.07 Å². The van der Waals surface area contributed by atoms with Crippen molar-refractivity contribution in [2.45, 2.75) is 30.5 Å². The van der Waals surface area contributed by atoms with Crippen LogP contribution in [0, 0.1) is 11.3 Å². The number of hydrogen-bond donors (Lipinski definition) is 2. The Bertz CT molecular complexity index is 676. The van der Waals surface area contributed by atoms with Gasteiger partial charge in [0.05, 0.1) is 22.1 Å². The molecule has 0 aliphatic carbocycles. The van der Waals surface area contributed by atoms with Gasteiger partial charge in [-0.3, -0.25) is 0 Å². The van der Waals surface area contributed by atoms with Crippen LogP contribution in [-0.4, -0.2) is 20.5 Å². The molecule has 0 amide bonds. The molecule has 1 aromatic carbocycles. The molecule has 0 fully saturated rings. The molecule has 0 spiro atoms. The van der Waals surface area contributed by atoms with Gasteiger partial charge in [0.2, 0.25) is 10.0 Å². The Morgan fingerprint density at radius 3 is 2.33 bits per heavy atom. The number of sulfonamides is 1. The Morgan fingerprint density at radius 1 is 1.33 bits per heavy atom. The summed E-state index contributed by atoms with van der Waals surface area (Å²) in [5, 5.41) is 8.77. The van der Waals surface area contributed by atoms with Crippen LogP contribution in [0.5, 0.6) is 0 Å². The molecule has 5 nitrogen and oxygen atoms in total. The quantitative estimate of drug-likeness (QED) is 0.880. The first-order chi connectivity index (χ1) is 9.43. The molecule has 0 radical (unpaired) electrons. The number of alkyl halides is 3. The van der Waals surface area contributed by atoms with Crippen molar-refractivity contribution in [3.05, 3.63) is 29.3 Å². The summed E-state index contributed by atoms with van der Waals surface area (Å²) in [7, 11) is -4.07. The lowest BCUT2D eigenvalue weighted by Crippen LogP contribution is -2.48. The zero-order valence-electron chi connectivity index (χ0n) is 11.3. The molecule has 0 atom stereocenters. The zero-order valence-corrected chi connectivity index (χ0v) is 12.1. The van der Waals surface area contributed by atoms with Crippen molar-refractivity contribution in [2.75, 3.05) is 6.54 Å². The third-order valence-corrected chi connectivity index (χ3v) is 4.34. The monoisotopic (exact) mass is 321 g/mol. The van der Waals surface area contributed by atoms with Gasteiger partial charge in [0.1, 0.15) is 0 Å². The van der Waals surface area contributed by atoms with Crippen molar-refractivity contribution >= 4 is 10.0 Å². The summed E-state index contributed by atoms with van der Waals surface area (Å²) in [6.45, 7) is 3.05. The van der Waals surface area contributed by atoms with Crippen LogP contribution in [0.1, 0.15) is 25.0 Å². The lowest BCUT2D eigenvalue weighted by Gasteiger charge is -2.24. The fraction of sp³-hybridized carbons (Fsp3) is 0.417. The van der Waals surface area contributed by atoms with Crippen molar-refractivity contribution in [1.82, 2.24) is 4.72 Å². The normalized spacial score (nSPS) is 13.0. The molecule has 0 bridgehead atoms. The van der Waals surface area contributed by atoms with Crippen LogP contribution in [-0.2, 0) is 16.2 Å². The summed E-state index contributed by atoms with van der Waals surface area (Å²) in [5.41, 5.74) is 2.50. The number of halogens is 3. The van der Waals surface area contributed by atoms with Crippen LogP contribution in [0.2, 0.25) is 0 Å². The molecule has 0 unspecified atom stereocenters. The minimum absolute atomic E-state index is 0.00201. The molecule has 0 saturated carbocycles. The van der Waals surface area contributed by atoms with E-state index in [-0.39, 0.29) is 6.54 Å². The second-order valence-corrected chi connectivity index (χ2v) is 6.69. The predicted molar refractivity (Wildman–Crippen MR) is 69.6 cm³/mol. The molecule has 1 aromatic rings. The Balaban J connectivity index is 3.32. The average molecular weight is 321 g/mol. The van der Waals surface area contributed by atoms with Gasteiger partial charge in [0.15, 0.2) is 0 Å². The first-order valence-corrected chi connectivity index (χ1v) is 7.27. The van der Waals surface area contributed by atoms with Gasteiger partial charge in [-0.2, -0.15) is 18.4 Å². The first-order valence-electron chi connectivity index (χ1n) is 5.78. The van der Waals surface area contributed by atoms with E-state index in [1.807, 2.05) is 0 Å². The number of hydrogen-bond acceptors (Lipinski definition) is 4. The van der Waals surface area contributed by atoms with E-state index in [1.165, 1.54) is 19.9 Å². The van der Waals surface area contributed by atoms with Gasteiger partial charge < -0.3 is 5.73 Å². The molecular weight excluding hydrogens is 307 g/mol. The number of nitrogens with two attached hydrogens (primary N) is 1. The van der Waals surface area contributed by atoms with Crippen LogP contribution >= 0.6 is 0 Å². The highest BCUT2D eigenvalue weighted by atomic mass is 32.2. The molecule has 0 aliphatic heterocycles. The largest absolute Gasteiger partial charge is 0.417 e. The summed E-state index contributed by atoms with van der Waals surface area (Å²) in [6.07, 6.45) is -4.72. The molecule has 0 aliphatic rings. The van der Waals surface area contributed by atoms with E-state index in [4.69, 9.17) is 11.0 Å². The molecule has 116 valence electrons. The second kappa shape index (κ2) is 5.63. The molecule has 21 heavy (non-hydrogen) atoms. The summed E-state index contributed by atoms with van der Waals surface area (Å²) >= 11 is 0. The maximum absolute atomic E-state index is 12.7. The van der Waals surface area contributed by atoms with Crippen LogP contribution in [0.4, 0.5) is 13.2 Å². The molecule has 9 heteroatoms. The van der Waals surface area contributed by atoms with E-state index < -0.39 is 37.8 Å². The number of nitrogens with zero attached hydrogens (tertiary/aromatic N) is 1. The highest BCUT2D eigenvalue weighted by Gasteiger charge is 2.34. The fourth-order valence-corrected chi connectivity index (χ4v) is 2.94. The zero-order chi connectivity index (χ0) is 16.5. The minimum Gasteiger partial charge on any atom is -0.329 e. The molecule has 0 aromatic heterocycles. The van der Waals surface area contributed by atoms with Crippen LogP contribution in [0.25, 0.3) is 0 Å². The van der Waals surface area contributed by atoms with Crippen LogP contribution < -0.4 is 10.5 Å². The summed E-state index contributed by atoms with van der Waals surface area (Å²) in [6, 6.07) is 3.42. The lowest BCUT2D eigenvalue weighted by atomic mass is 10.1. The topological polar surface area (TPSA) is 96.0 Å². The van der Waals surface area contributed by atoms with E-state index in [0.29, 0.717) is 12.1 Å². The summed E-state index contributed by atoms with van der Waals surface area (Å²) in [5.74, 6) is 0. The van der Waals surface area contributed by atoms with Crippen LogP contribution in [0.3, 0.4) is 0 Å². The SMILES string of the molecule is CC(C)(CN)NS(=O)(=O)c1ccc(C(F)(F)F)c(C#N)c1. The third-order valence-electron chi connectivity index (χ3n) is 2.65. The average Bonchev–Trinajstić information content (AvgIpc) is 2.35. The Morgan fingerprint density at radius 2 is 1.90 bits per heavy atom. The van der Waals surface area contributed by atoms with Crippen molar-refractivity contribution in [3.8, 4) is 6.07 Å². The number of nitriles is 1. The molecular formula is C12H14F3N3O2S. The van der Waals surface area contributed by atoms with Gasteiger partial charge in [-0.15, -0.1) is 0 Å². The van der Waals surface area contributed by atoms with Crippen molar-refractivity contribution in [3.63, 3.8) is 0 Å². The third kappa shape index (κ3) is 4.17. The van der Waals surface area contributed by atoms with Crippen molar-refractivity contribution in [1.29, 1.82) is 5.26 Å². The predicted octanol–water partition coefficient (Wildman–Crippen LogP) is 1.59. The molecule has 1 rings (SSSR count). The standard InChI is InChI=1S/C12H14F3N3O2S/c1-11(2,7-17)18-21(19,20)9-3-4-10(12(13,14)15)8(5-9)6-16/h3-5,18H,7,17H2,1-2H3. The number of nitrogens with one attached hydrogen (secondary N) is 1. The number of rotatable bonds is 4. The summed E-state index contributed by atoms with van der Waals surface area (Å²) in [4.78, 5) is -0.423. The van der Waals surface area contributed by atoms with E-state index in [2.05, 4.69) is 4.72 Å². The van der Waals surface area contributed by atoms with Crippen molar-refractivity contribution < 1.29 is 21.6 Å². The minimum atomic E-state index is -4.72. The maximum atomic E-state index is 12.7. The summed E-state index contributed by atoms with van der Waals surface area (Å²) < 4.78 is 64.4.